The van der Waals surface area contributed by atoms with Gasteiger partial charge >= 0.3 is 5.97 Å². The molecule has 1 aliphatic rings. The minimum Gasteiger partial charge on any atom is -0.480 e. The highest BCUT2D eigenvalue weighted by Crippen LogP contribution is 2.18. The summed E-state index contributed by atoms with van der Waals surface area (Å²) >= 11 is 0. The van der Waals surface area contributed by atoms with Crippen LogP contribution in [0.5, 0.6) is 0 Å². The zero-order valence-corrected chi connectivity index (χ0v) is 28.7. The molecule has 15 N–H and O–H groups in total. The van der Waals surface area contributed by atoms with Gasteiger partial charge in [-0.1, -0.05) is 20.3 Å². The molecule has 1 heterocycles. The lowest BCUT2D eigenvalue weighted by atomic mass is 9.98. The fraction of sp³-hybridized carbons (Fsp3) is 0.690. The summed E-state index contributed by atoms with van der Waals surface area (Å²) in [5, 5.41) is 42.7. The Balaban J connectivity index is 2.75. The number of hydrogen-bond acceptors (Lipinski definition) is 12. The summed E-state index contributed by atoms with van der Waals surface area (Å²) in [4.78, 5) is 105. The lowest BCUT2D eigenvalue weighted by Crippen LogP contribution is -2.58. The number of aliphatic hydroxyl groups excluding tert-OH is 2. The number of carbonyl (C=O) groups is 8. The normalized spacial score (nSPS) is 16.6. The van der Waals surface area contributed by atoms with E-state index in [0.29, 0.717) is 12.8 Å². The van der Waals surface area contributed by atoms with Gasteiger partial charge in [0.2, 0.25) is 41.4 Å². The standard InChI is InChI=1S/C29H51N11O11/c1-3-15(2)23(28(50)51)39-24(46)16(6-4-8-33-29(31)32)38-25(47)17(13-41)36-22(45)12-34-21(44)11-35-26(48)19-7-5-9-40(19)27(49)18(14-42)37-20(43)10-30/h15-19,23,41-42H,3-14,30H2,1-2H3,(H,34,44)(H,35,48)(H,36,45)(H,37,43)(H,38,47)(H,39,46)(H,50,51)(H4,31,32,33)/t15-,16-,17-,18-,19-,23-/m0/s1. The molecule has 1 rings (SSSR count). The Bertz CT molecular complexity index is 1280. The van der Waals surface area contributed by atoms with Crippen LogP contribution in [-0.4, -0.2) is 150 Å². The maximum Gasteiger partial charge on any atom is 0.326 e. The monoisotopic (exact) mass is 729 g/mol. The van der Waals surface area contributed by atoms with Crippen LogP contribution < -0.4 is 49.1 Å². The second-order valence-electron chi connectivity index (χ2n) is 11.7. The number of carboxylic acid groups (broad SMARTS) is 1. The second kappa shape index (κ2) is 22.6. The quantitative estimate of drug-likeness (QED) is 0.0280. The minimum absolute atomic E-state index is 0.0330. The molecule has 7 amide bonds. The van der Waals surface area contributed by atoms with Gasteiger partial charge in [0.15, 0.2) is 5.96 Å². The number of carbonyl (C=O) groups excluding carboxylic acids is 7. The molecule has 0 saturated carbocycles. The summed E-state index contributed by atoms with van der Waals surface area (Å²) in [5.41, 5.74) is 15.9. The van der Waals surface area contributed by atoms with E-state index >= 15 is 0 Å². The SMILES string of the molecule is CC[C@H](C)[C@H](NC(=O)[C@H](CCCN=C(N)N)NC(=O)[C@H](CO)NC(=O)CNC(=O)CNC(=O)[C@@H]1CCCN1C(=O)[C@H](CO)NC(=O)CN)C(=O)O. The van der Waals surface area contributed by atoms with Crippen molar-refractivity contribution in [2.24, 2.45) is 28.1 Å². The lowest BCUT2D eigenvalue weighted by molar-refractivity contribution is -0.144. The van der Waals surface area contributed by atoms with E-state index in [9.17, 15) is 53.7 Å². The fourth-order valence-electron chi connectivity index (χ4n) is 4.89. The molecule has 0 aromatic carbocycles. The number of nitrogens with two attached hydrogens (primary N) is 3. The molecule has 0 aliphatic carbocycles. The summed E-state index contributed by atoms with van der Waals surface area (Å²) in [6.45, 7) is 0.325. The van der Waals surface area contributed by atoms with Gasteiger partial charge in [-0.25, -0.2) is 4.79 Å². The van der Waals surface area contributed by atoms with Crippen LogP contribution in [0.25, 0.3) is 0 Å². The van der Waals surface area contributed by atoms with E-state index in [4.69, 9.17) is 17.2 Å². The van der Waals surface area contributed by atoms with Crippen molar-refractivity contribution in [2.45, 2.75) is 76.2 Å². The van der Waals surface area contributed by atoms with Gasteiger partial charge < -0.3 is 69.3 Å². The Morgan fingerprint density at radius 3 is 2.02 bits per heavy atom. The van der Waals surface area contributed by atoms with Gasteiger partial charge in [-0.05, 0) is 31.6 Å². The van der Waals surface area contributed by atoms with Gasteiger partial charge in [-0.3, -0.25) is 38.6 Å². The van der Waals surface area contributed by atoms with Crippen LogP contribution in [0.2, 0.25) is 0 Å². The predicted octanol–water partition coefficient (Wildman–Crippen LogP) is -6.72. The van der Waals surface area contributed by atoms with Gasteiger partial charge in [-0.15, -0.1) is 0 Å². The van der Waals surface area contributed by atoms with Crippen LogP contribution in [0.1, 0.15) is 46.0 Å². The average Bonchev–Trinajstić information content (AvgIpc) is 3.60. The molecule has 6 atom stereocenters. The van der Waals surface area contributed by atoms with Crippen LogP contribution in [0, 0.1) is 5.92 Å². The third kappa shape index (κ3) is 15.1. The van der Waals surface area contributed by atoms with E-state index in [1.165, 1.54) is 4.90 Å². The van der Waals surface area contributed by atoms with Crippen molar-refractivity contribution in [1.82, 2.24) is 36.8 Å². The minimum atomic E-state index is -1.57. The van der Waals surface area contributed by atoms with Crippen molar-refractivity contribution in [3.05, 3.63) is 0 Å². The van der Waals surface area contributed by atoms with Crippen molar-refractivity contribution in [3.63, 3.8) is 0 Å². The molecule has 1 saturated heterocycles. The first-order valence-corrected chi connectivity index (χ1v) is 16.3. The first-order valence-electron chi connectivity index (χ1n) is 16.3. The highest BCUT2D eigenvalue weighted by atomic mass is 16.4. The zero-order valence-electron chi connectivity index (χ0n) is 28.7. The summed E-state index contributed by atoms with van der Waals surface area (Å²) in [6, 6.07) is -6.41. The van der Waals surface area contributed by atoms with Crippen molar-refractivity contribution in [3.8, 4) is 0 Å². The largest absolute Gasteiger partial charge is 0.480 e. The predicted molar refractivity (Wildman–Crippen MR) is 179 cm³/mol. The Morgan fingerprint density at radius 2 is 1.45 bits per heavy atom. The van der Waals surface area contributed by atoms with Gasteiger partial charge in [0.25, 0.3) is 0 Å². The molecule has 288 valence electrons. The number of aliphatic imine (C=N–C) groups is 1. The van der Waals surface area contributed by atoms with Crippen molar-refractivity contribution in [2.75, 3.05) is 45.9 Å². The summed E-state index contributed by atoms with van der Waals surface area (Å²) in [5.74, 6) is -7.51. The first-order chi connectivity index (χ1) is 24.1. The zero-order chi connectivity index (χ0) is 38.7. The topological polar surface area (TPSA) is 363 Å². The van der Waals surface area contributed by atoms with Crippen molar-refractivity contribution < 1.29 is 53.7 Å². The van der Waals surface area contributed by atoms with E-state index in [0.717, 1.165) is 0 Å². The Morgan fingerprint density at radius 1 is 0.843 bits per heavy atom. The third-order valence-corrected chi connectivity index (χ3v) is 7.90. The third-order valence-electron chi connectivity index (χ3n) is 7.90. The Kier molecular flexibility index (Phi) is 19.5. The van der Waals surface area contributed by atoms with Crippen LogP contribution >= 0.6 is 0 Å². The molecule has 51 heavy (non-hydrogen) atoms. The molecule has 0 aromatic rings. The first kappa shape index (κ1) is 43.9. The van der Waals surface area contributed by atoms with Gasteiger partial charge in [0.05, 0.1) is 32.8 Å². The Hall–Kier alpha value is -5.09. The number of nitrogens with one attached hydrogen (secondary N) is 6. The lowest BCUT2D eigenvalue weighted by Gasteiger charge is -2.27. The second-order valence-corrected chi connectivity index (χ2v) is 11.7. The van der Waals surface area contributed by atoms with E-state index in [2.05, 4.69) is 36.9 Å². The molecule has 0 spiro atoms. The van der Waals surface area contributed by atoms with Crippen molar-refractivity contribution >= 4 is 53.3 Å². The van der Waals surface area contributed by atoms with Crippen LogP contribution in [-0.2, 0) is 38.4 Å². The molecule has 22 heteroatoms. The number of nitrogens with zero attached hydrogens (tertiary/aromatic N) is 2. The Labute approximate surface area is 294 Å². The number of guanidine groups is 1. The molecular formula is C29H51N11O11. The maximum absolute atomic E-state index is 13.0. The number of likely N-dealkylation sites (tertiary alicyclic amines) is 1. The molecule has 0 bridgehead atoms. The number of aliphatic carboxylic acids is 1. The average molecular weight is 730 g/mol. The van der Waals surface area contributed by atoms with Crippen LogP contribution in [0.3, 0.4) is 0 Å². The fourth-order valence-corrected chi connectivity index (χ4v) is 4.89. The van der Waals surface area contributed by atoms with E-state index in [1.54, 1.807) is 13.8 Å². The van der Waals surface area contributed by atoms with Crippen molar-refractivity contribution in [1.29, 1.82) is 0 Å². The number of carboxylic acids is 1. The van der Waals surface area contributed by atoms with E-state index in [1.807, 2.05) is 0 Å². The summed E-state index contributed by atoms with van der Waals surface area (Å²) in [7, 11) is 0. The molecule has 22 nitrogen and oxygen atoms in total. The summed E-state index contributed by atoms with van der Waals surface area (Å²) < 4.78 is 0. The van der Waals surface area contributed by atoms with Gasteiger partial charge in [0.1, 0.15) is 30.2 Å². The number of aliphatic hydroxyl groups is 2. The molecular weight excluding hydrogens is 678 g/mol. The molecule has 0 radical (unpaired) electrons. The number of rotatable bonds is 22. The highest BCUT2D eigenvalue weighted by molar-refractivity contribution is 5.96. The molecule has 0 aromatic heterocycles. The molecule has 1 aliphatic heterocycles. The van der Waals surface area contributed by atoms with Gasteiger partial charge in [0, 0.05) is 13.1 Å². The molecule has 0 unspecified atom stereocenters. The highest BCUT2D eigenvalue weighted by Gasteiger charge is 2.37. The van der Waals surface area contributed by atoms with E-state index < -0.39 is 116 Å². The number of hydrogen-bond donors (Lipinski definition) is 12. The maximum atomic E-state index is 13.0. The van der Waals surface area contributed by atoms with Crippen LogP contribution in [0.15, 0.2) is 4.99 Å². The van der Waals surface area contributed by atoms with Gasteiger partial charge in [-0.2, -0.15) is 0 Å². The van der Waals surface area contributed by atoms with Crippen LogP contribution in [0.4, 0.5) is 0 Å². The molecule has 1 fully saturated rings. The smallest absolute Gasteiger partial charge is 0.326 e. The number of amides is 7. The summed E-state index contributed by atoms with van der Waals surface area (Å²) in [6.07, 6.45) is 1.30. The van der Waals surface area contributed by atoms with E-state index in [-0.39, 0.29) is 38.3 Å².